The number of hydrogen-bond donors (Lipinski definition) is 0. The fourth-order valence-corrected chi connectivity index (χ4v) is 3.12. The average Bonchev–Trinajstić information content (AvgIpc) is 2.41. The van der Waals surface area contributed by atoms with Crippen molar-refractivity contribution >= 4 is 5.97 Å². The largest absolute Gasteiger partial charge is 0.462 e. The summed E-state index contributed by atoms with van der Waals surface area (Å²) in [5.74, 6) is -2.44. The predicted octanol–water partition coefficient (Wildman–Crippen LogP) is 3.28. The summed E-state index contributed by atoms with van der Waals surface area (Å²) in [4.78, 5) is 12.0. The number of carbonyl (C=O) groups is 1. The van der Waals surface area contributed by atoms with Crippen molar-refractivity contribution in [2.24, 2.45) is 17.8 Å². The molecule has 0 saturated heterocycles. The minimum absolute atomic E-state index is 0.0643. The third-order valence-corrected chi connectivity index (χ3v) is 4.62. The van der Waals surface area contributed by atoms with Crippen molar-refractivity contribution in [3.8, 4) is 6.07 Å². The van der Waals surface area contributed by atoms with Gasteiger partial charge in [0.05, 0.1) is 12.0 Å². The van der Waals surface area contributed by atoms with Crippen LogP contribution in [0.15, 0.2) is 0 Å². The Morgan fingerprint density at radius 3 is 2.24 bits per heavy atom. The molecular weight excluding hydrogens is 283 g/mol. The van der Waals surface area contributed by atoms with Crippen LogP contribution >= 0.6 is 0 Å². The molecule has 0 heterocycles. The number of rotatable bonds is 2. The van der Waals surface area contributed by atoms with Crippen molar-refractivity contribution in [1.82, 2.24) is 0 Å². The summed E-state index contributed by atoms with van der Waals surface area (Å²) in [6.45, 7) is 1.80. The molecular formula is C15H20F3NO2. The molecule has 2 rings (SSSR count). The molecule has 2 fully saturated rings. The maximum absolute atomic E-state index is 13.6. The summed E-state index contributed by atoms with van der Waals surface area (Å²) < 4.78 is 46.1. The topological polar surface area (TPSA) is 50.1 Å². The van der Waals surface area contributed by atoms with Crippen molar-refractivity contribution in [2.75, 3.05) is 0 Å². The highest BCUT2D eigenvalue weighted by atomic mass is 19.1. The van der Waals surface area contributed by atoms with Crippen LogP contribution < -0.4 is 0 Å². The van der Waals surface area contributed by atoms with Gasteiger partial charge in [0, 0.05) is 12.8 Å². The van der Waals surface area contributed by atoms with Gasteiger partial charge in [-0.05, 0) is 25.2 Å². The molecule has 0 radical (unpaired) electrons. The molecule has 0 spiro atoms. The molecule has 118 valence electrons. The molecule has 2 aliphatic carbocycles. The van der Waals surface area contributed by atoms with Crippen molar-refractivity contribution < 1.29 is 22.7 Å². The zero-order valence-corrected chi connectivity index (χ0v) is 12.0. The van der Waals surface area contributed by atoms with Crippen molar-refractivity contribution in [3.63, 3.8) is 0 Å². The van der Waals surface area contributed by atoms with Gasteiger partial charge in [0.15, 0.2) is 0 Å². The first-order valence-corrected chi connectivity index (χ1v) is 7.44. The molecule has 0 aliphatic heterocycles. The van der Waals surface area contributed by atoms with Crippen molar-refractivity contribution in [2.45, 2.75) is 63.6 Å². The summed E-state index contributed by atoms with van der Waals surface area (Å²) in [6.07, 6.45) is -4.19. The van der Waals surface area contributed by atoms with E-state index < -0.39 is 42.4 Å². The normalized spacial score (nSPS) is 43.9. The Kier molecular flexibility index (Phi) is 5.13. The molecule has 0 bridgehead atoms. The number of carbonyl (C=O) groups excluding carboxylic acids is 1. The summed E-state index contributed by atoms with van der Waals surface area (Å²) in [6, 6.07) is 1.61. The number of nitriles is 1. The number of nitrogens with zero attached hydrogens (tertiary/aromatic N) is 1. The van der Waals surface area contributed by atoms with Gasteiger partial charge in [0.2, 0.25) is 0 Å². The molecule has 0 N–H and O–H groups in total. The average molecular weight is 303 g/mol. The number of hydrogen-bond acceptors (Lipinski definition) is 3. The maximum atomic E-state index is 13.6. The minimum atomic E-state index is -1.63. The van der Waals surface area contributed by atoms with Gasteiger partial charge in [-0.25, -0.2) is 13.2 Å². The SMILES string of the molecule is CC1CCC(C(=O)OC2CC(F)C(C#N)C(F)C2)CC1F. The Morgan fingerprint density at radius 2 is 1.71 bits per heavy atom. The Hall–Kier alpha value is -1.25. The highest BCUT2D eigenvalue weighted by Crippen LogP contribution is 2.34. The number of alkyl halides is 3. The van der Waals surface area contributed by atoms with E-state index in [9.17, 15) is 18.0 Å². The van der Waals surface area contributed by atoms with Gasteiger partial charge < -0.3 is 4.74 Å². The van der Waals surface area contributed by atoms with Crippen LogP contribution in [0.5, 0.6) is 0 Å². The fourth-order valence-electron chi connectivity index (χ4n) is 3.12. The van der Waals surface area contributed by atoms with Crippen LogP contribution in [0.4, 0.5) is 13.2 Å². The zero-order valence-electron chi connectivity index (χ0n) is 12.0. The number of halogens is 3. The first kappa shape index (κ1) is 16.1. The van der Waals surface area contributed by atoms with Gasteiger partial charge in [-0.1, -0.05) is 6.92 Å². The van der Waals surface area contributed by atoms with Crippen LogP contribution in [-0.2, 0) is 9.53 Å². The smallest absolute Gasteiger partial charge is 0.309 e. The van der Waals surface area contributed by atoms with Crippen LogP contribution in [0.1, 0.15) is 39.0 Å². The molecule has 21 heavy (non-hydrogen) atoms. The van der Waals surface area contributed by atoms with E-state index in [2.05, 4.69) is 0 Å². The van der Waals surface area contributed by atoms with Crippen LogP contribution in [0.2, 0.25) is 0 Å². The first-order chi connectivity index (χ1) is 9.92. The molecule has 5 unspecified atom stereocenters. The van der Waals surface area contributed by atoms with Crippen LogP contribution in [0.3, 0.4) is 0 Å². The summed E-state index contributed by atoms with van der Waals surface area (Å²) in [7, 11) is 0. The third kappa shape index (κ3) is 3.69. The van der Waals surface area contributed by atoms with E-state index in [-0.39, 0.29) is 25.2 Å². The van der Waals surface area contributed by atoms with Gasteiger partial charge >= 0.3 is 5.97 Å². The molecule has 0 aromatic carbocycles. The molecule has 0 aromatic rings. The van der Waals surface area contributed by atoms with Gasteiger partial charge in [-0.2, -0.15) is 5.26 Å². The van der Waals surface area contributed by atoms with Gasteiger partial charge in [0.25, 0.3) is 0 Å². The van der Waals surface area contributed by atoms with E-state index in [4.69, 9.17) is 10.00 Å². The summed E-state index contributed by atoms with van der Waals surface area (Å²) in [5.41, 5.74) is 0. The Labute approximate surface area is 122 Å². The fraction of sp³-hybridized carbons (Fsp3) is 0.867. The van der Waals surface area contributed by atoms with E-state index in [1.165, 1.54) is 0 Å². The van der Waals surface area contributed by atoms with E-state index in [1.54, 1.807) is 13.0 Å². The van der Waals surface area contributed by atoms with E-state index in [0.29, 0.717) is 12.8 Å². The monoisotopic (exact) mass is 303 g/mol. The number of esters is 1. The highest BCUT2D eigenvalue weighted by Gasteiger charge is 2.41. The first-order valence-electron chi connectivity index (χ1n) is 7.44. The van der Waals surface area contributed by atoms with Gasteiger partial charge in [-0.15, -0.1) is 0 Å². The Bertz CT molecular complexity index is 414. The molecule has 0 aromatic heterocycles. The molecule has 0 amide bonds. The predicted molar refractivity (Wildman–Crippen MR) is 69.4 cm³/mol. The van der Waals surface area contributed by atoms with Crippen LogP contribution in [0, 0.1) is 29.1 Å². The maximum Gasteiger partial charge on any atom is 0.309 e. The van der Waals surface area contributed by atoms with E-state index in [1.807, 2.05) is 0 Å². The quantitative estimate of drug-likeness (QED) is 0.736. The van der Waals surface area contributed by atoms with Gasteiger partial charge in [-0.3, -0.25) is 4.79 Å². The number of ether oxygens (including phenoxy) is 1. The Morgan fingerprint density at radius 1 is 1.10 bits per heavy atom. The lowest BCUT2D eigenvalue weighted by Gasteiger charge is -2.33. The second kappa shape index (κ2) is 6.67. The molecule has 3 nitrogen and oxygen atoms in total. The molecule has 6 heteroatoms. The minimum Gasteiger partial charge on any atom is -0.462 e. The summed E-state index contributed by atoms with van der Waals surface area (Å²) in [5, 5.41) is 8.68. The van der Waals surface area contributed by atoms with Crippen molar-refractivity contribution in [1.29, 1.82) is 5.26 Å². The second-order valence-electron chi connectivity index (χ2n) is 6.22. The third-order valence-electron chi connectivity index (χ3n) is 4.62. The van der Waals surface area contributed by atoms with Crippen molar-refractivity contribution in [3.05, 3.63) is 0 Å². The lowest BCUT2D eigenvalue weighted by atomic mass is 9.81. The van der Waals surface area contributed by atoms with Crippen LogP contribution in [-0.4, -0.2) is 30.6 Å². The van der Waals surface area contributed by atoms with E-state index in [0.717, 1.165) is 0 Å². The molecule has 2 aliphatic rings. The summed E-state index contributed by atoms with van der Waals surface area (Å²) >= 11 is 0. The highest BCUT2D eigenvalue weighted by molar-refractivity contribution is 5.72. The molecule has 5 atom stereocenters. The zero-order chi connectivity index (χ0) is 15.6. The lowest BCUT2D eigenvalue weighted by Crippen LogP contribution is -2.40. The molecule has 2 saturated carbocycles. The Balaban J connectivity index is 1.88. The standard InChI is InChI=1S/C15H20F3NO2/c1-8-2-3-9(4-12(8)16)15(20)21-10-5-13(17)11(7-19)14(18)6-10/h8-14H,2-6H2,1H3. The van der Waals surface area contributed by atoms with Gasteiger partial charge in [0.1, 0.15) is 30.5 Å². The van der Waals surface area contributed by atoms with Crippen LogP contribution in [0.25, 0.3) is 0 Å². The van der Waals surface area contributed by atoms with E-state index >= 15 is 0 Å². The second-order valence-corrected chi connectivity index (χ2v) is 6.22. The lowest BCUT2D eigenvalue weighted by molar-refractivity contribution is -0.160.